The van der Waals surface area contributed by atoms with E-state index in [4.69, 9.17) is 5.21 Å². The average Bonchev–Trinajstić information content (AvgIpc) is 3.12. The molecule has 3 atom stereocenters. The monoisotopic (exact) mass is 293 g/mol. The summed E-state index contributed by atoms with van der Waals surface area (Å²) in [5, 5.41) is 9.03. The maximum atomic E-state index is 12.0. The van der Waals surface area contributed by atoms with E-state index in [9.17, 15) is 4.79 Å². The molecule has 2 heterocycles. The molecule has 1 amide bonds. The lowest BCUT2D eigenvalue weighted by Gasteiger charge is -2.05. The third-order valence-electron chi connectivity index (χ3n) is 4.42. The molecule has 5 nitrogen and oxygen atoms in total. The summed E-state index contributed by atoms with van der Waals surface area (Å²) in [6, 6.07) is 15.8. The zero-order chi connectivity index (χ0) is 15.1. The zero-order valence-electron chi connectivity index (χ0n) is 11.8. The van der Waals surface area contributed by atoms with Crippen molar-refractivity contribution in [3.8, 4) is 0 Å². The third-order valence-corrected chi connectivity index (χ3v) is 4.42. The lowest BCUT2D eigenvalue weighted by atomic mass is 10.1. The fourth-order valence-corrected chi connectivity index (χ4v) is 3.41. The van der Waals surface area contributed by atoms with Gasteiger partial charge in [0, 0.05) is 29.9 Å². The molecule has 5 heteroatoms. The van der Waals surface area contributed by atoms with Gasteiger partial charge in [0.15, 0.2) is 0 Å². The number of carbonyl (C=O) groups excluding carboxylic acids is 1. The van der Waals surface area contributed by atoms with Gasteiger partial charge in [0.05, 0.1) is 5.92 Å². The number of hydrogen-bond donors (Lipinski definition) is 2. The van der Waals surface area contributed by atoms with Gasteiger partial charge >= 0.3 is 0 Å². The number of aromatic nitrogens is 2. The molecule has 0 saturated heterocycles. The normalized spacial score (nSPS) is 23.4. The van der Waals surface area contributed by atoms with Gasteiger partial charge in [-0.2, -0.15) is 0 Å². The van der Waals surface area contributed by atoms with E-state index in [-0.39, 0.29) is 23.7 Å². The smallest absolute Gasteiger partial charge is 0.247 e. The van der Waals surface area contributed by atoms with Crippen LogP contribution in [-0.4, -0.2) is 20.5 Å². The van der Waals surface area contributed by atoms with E-state index in [0.717, 1.165) is 16.9 Å². The van der Waals surface area contributed by atoms with Crippen LogP contribution in [0.15, 0.2) is 60.9 Å². The number of rotatable bonds is 3. The maximum absolute atomic E-state index is 12.0. The van der Waals surface area contributed by atoms with E-state index < -0.39 is 0 Å². The van der Waals surface area contributed by atoms with Crippen LogP contribution in [0.1, 0.15) is 23.1 Å². The number of nitrogens with zero attached hydrogens (tertiary/aromatic N) is 2. The number of amides is 1. The number of nitrogens with one attached hydrogen (secondary N) is 1. The van der Waals surface area contributed by atoms with Crippen molar-refractivity contribution in [2.45, 2.75) is 11.8 Å². The summed E-state index contributed by atoms with van der Waals surface area (Å²) in [5.74, 6) is -0.495. The Morgan fingerprint density at radius 2 is 1.91 bits per heavy atom. The van der Waals surface area contributed by atoms with Gasteiger partial charge in [0.2, 0.25) is 5.91 Å². The minimum absolute atomic E-state index is 0.0347. The first-order chi connectivity index (χ1) is 10.8. The highest BCUT2D eigenvalue weighted by Gasteiger charge is 2.57. The molecule has 1 aliphatic carbocycles. The molecule has 3 unspecified atom stereocenters. The third kappa shape index (κ3) is 1.90. The Morgan fingerprint density at radius 3 is 2.68 bits per heavy atom. The summed E-state index contributed by atoms with van der Waals surface area (Å²) in [5.41, 5.74) is 4.81. The van der Waals surface area contributed by atoms with Crippen molar-refractivity contribution in [3.05, 3.63) is 72.2 Å². The highest BCUT2D eigenvalue weighted by Crippen LogP contribution is 2.60. The predicted octanol–water partition coefficient (Wildman–Crippen LogP) is 2.34. The average molecular weight is 293 g/mol. The molecule has 0 bridgehead atoms. The first kappa shape index (κ1) is 13.0. The first-order valence-corrected chi connectivity index (χ1v) is 7.22. The maximum Gasteiger partial charge on any atom is 0.247 e. The van der Waals surface area contributed by atoms with Crippen LogP contribution in [0.3, 0.4) is 0 Å². The number of hydroxylamine groups is 1. The minimum atomic E-state index is -0.337. The minimum Gasteiger partial charge on any atom is -0.305 e. The summed E-state index contributed by atoms with van der Waals surface area (Å²) in [7, 11) is 0. The van der Waals surface area contributed by atoms with Crippen molar-refractivity contribution >= 4 is 11.6 Å². The second-order valence-corrected chi connectivity index (χ2v) is 5.57. The SMILES string of the molecule is O=C(NO)C1C(c2ccccc2)C1c1ccnc2cccn12. The van der Waals surface area contributed by atoms with Crippen LogP contribution in [0.5, 0.6) is 0 Å². The Balaban J connectivity index is 1.79. The zero-order valence-corrected chi connectivity index (χ0v) is 11.8. The molecule has 2 aromatic heterocycles. The van der Waals surface area contributed by atoms with Gasteiger partial charge < -0.3 is 4.40 Å². The standard InChI is InChI=1S/C17H15N3O2/c21-17(19-22)16-14(11-5-2-1-3-6-11)15(16)12-8-9-18-13-7-4-10-20(12)13/h1-10,14-16,22H,(H,19,21). The Bertz CT molecular complexity index is 828. The molecule has 1 aromatic carbocycles. The molecule has 3 aromatic rings. The van der Waals surface area contributed by atoms with Crippen molar-refractivity contribution in [1.29, 1.82) is 0 Å². The van der Waals surface area contributed by atoms with E-state index in [2.05, 4.69) is 4.98 Å². The van der Waals surface area contributed by atoms with Gasteiger partial charge in [-0.1, -0.05) is 30.3 Å². The van der Waals surface area contributed by atoms with Gasteiger partial charge in [0.25, 0.3) is 0 Å². The van der Waals surface area contributed by atoms with E-state index in [0.29, 0.717) is 0 Å². The van der Waals surface area contributed by atoms with Crippen LogP contribution in [0.25, 0.3) is 5.65 Å². The highest BCUT2D eigenvalue weighted by molar-refractivity contribution is 5.84. The molecule has 110 valence electrons. The number of hydrogen-bond acceptors (Lipinski definition) is 3. The van der Waals surface area contributed by atoms with Crippen molar-refractivity contribution in [2.75, 3.05) is 0 Å². The lowest BCUT2D eigenvalue weighted by molar-refractivity contribution is -0.130. The largest absolute Gasteiger partial charge is 0.305 e. The summed E-state index contributed by atoms with van der Waals surface area (Å²) in [6.45, 7) is 0. The second-order valence-electron chi connectivity index (χ2n) is 5.57. The fourth-order valence-electron chi connectivity index (χ4n) is 3.41. The number of benzene rings is 1. The van der Waals surface area contributed by atoms with Crippen molar-refractivity contribution in [2.24, 2.45) is 5.92 Å². The Morgan fingerprint density at radius 1 is 1.09 bits per heavy atom. The van der Waals surface area contributed by atoms with Crippen LogP contribution in [0.2, 0.25) is 0 Å². The van der Waals surface area contributed by atoms with Crippen molar-refractivity contribution in [1.82, 2.24) is 14.9 Å². The predicted molar refractivity (Wildman–Crippen MR) is 80.5 cm³/mol. The van der Waals surface area contributed by atoms with Crippen LogP contribution in [0.4, 0.5) is 0 Å². The fraction of sp³-hybridized carbons (Fsp3) is 0.176. The first-order valence-electron chi connectivity index (χ1n) is 7.22. The van der Waals surface area contributed by atoms with Gasteiger partial charge in [0.1, 0.15) is 5.65 Å². The van der Waals surface area contributed by atoms with Gasteiger partial charge in [-0.15, -0.1) is 0 Å². The molecule has 0 radical (unpaired) electrons. The Labute approximate surface area is 127 Å². The highest BCUT2D eigenvalue weighted by atomic mass is 16.5. The van der Waals surface area contributed by atoms with Crippen molar-refractivity contribution in [3.63, 3.8) is 0 Å². The summed E-state index contributed by atoms with van der Waals surface area (Å²) in [4.78, 5) is 16.3. The summed E-state index contributed by atoms with van der Waals surface area (Å²) in [6.07, 6.45) is 3.71. The van der Waals surface area contributed by atoms with Crippen LogP contribution in [0, 0.1) is 5.92 Å². The molecule has 0 spiro atoms. The van der Waals surface area contributed by atoms with Crippen LogP contribution < -0.4 is 5.48 Å². The van der Waals surface area contributed by atoms with Gasteiger partial charge in [-0.3, -0.25) is 10.0 Å². The second kappa shape index (κ2) is 4.96. The molecule has 4 rings (SSSR count). The topological polar surface area (TPSA) is 66.6 Å². The van der Waals surface area contributed by atoms with Gasteiger partial charge in [-0.05, 0) is 23.8 Å². The number of fused-ring (bicyclic) bond motifs is 1. The number of carbonyl (C=O) groups is 1. The molecular weight excluding hydrogens is 278 g/mol. The lowest BCUT2D eigenvalue weighted by Crippen LogP contribution is -2.21. The van der Waals surface area contributed by atoms with Crippen molar-refractivity contribution < 1.29 is 10.0 Å². The molecule has 1 aliphatic rings. The van der Waals surface area contributed by atoms with Crippen LogP contribution >= 0.6 is 0 Å². The quantitative estimate of drug-likeness (QED) is 0.575. The molecule has 22 heavy (non-hydrogen) atoms. The summed E-state index contributed by atoms with van der Waals surface area (Å²) < 4.78 is 2.01. The Hall–Kier alpha value is -2.66. The molecule has 1 saturated carbocycles. The van der Waals surface area contributed by atoms with E-state index >= 15 is 0 Å². The molecule has 2 N–H and O–H groups in total. The molecule has 0 aliphatic heterocycles. The molecular formula is C17H15N3O2. The van der Waals surface area contributed by atoms with Gasteiger partial charge in [-0.25, -0.2) is 10.5 Å². The Kier molecular flexibility index (Phi) is 2.94. The van der Waals surface area contributed by atoms with Crippen LogP contribution in [-0.2, 0) is 4.79 Å². The summed E-state index contributed by atoms with van der Waals surface area (Å²) >= 11 is 0. The van der Waals surface area contributed by atoms with E-state index in [1.807, 2.05) is 59.1 Å². The van der Waals surface area contributed by atoms with E-state index in [1.165, 1.54) is 0 Å². The van der Waals surface area contributed by atoms with E-state index in [1.54, 1.807) is 11.7 Å². The molecule has 1 fully saturated rings.